The minimum atomic E-state index is -3.67. The van der Waals surface area contributed by atoms with Crippen LogP contribution in [0.2, 0.25) is 0 Å². The monoisotopic (exact) mass is 326 g/mol. The van der Waals surface area contributed by atoms with E-state index in [1.807, 2.05) is 19.0 Å². The molecule has 0 spiro atoms. The molecule has 7 heteroatoms. The first-order chi connectivity index (χ1) is 10.2. The molecule has 1 heterocycles. The molecule has 0 aliphatic carbocycles. The zero-order chi connectivity index (χ0) is 16.5. The zero-order valence-corrected chi connectivity index (χ0v) is 13.9. The van der Waals surface area contributed by atoms with E-state index in [2.05, 4.69) is 0 Å². The molecule has 6 nitrogen and oxygen atoms in total. The normalized spacial score (nSPS) is 23.2. The van der Waals surface area contributed by atoms with E-state index < -0.39 is 28.0 Å². The number of anilines is 1. The molecule has 0 unspecified atom stereocenters. The molecule has 2 atom stereocenters. The summed E-state index contributed by atoms with van der Waals surface area (Å²) in [5.41, 5.74) is 0.911. The van der Waals surface area contributed by atoms with Crippen molar-refractivity contribution in [2.45, 2.75) is 30.7 Å². The number of benzene rings is 1. The van der Waals surface area contributed by atoms with Gasteiger partial charge in [0.2, 0.25) is 10.0 Å². The van der Waals surface area contributed by atoms with E-state index in [-0.39, 0.29) is 4.90 Å². The Morgan fingerprint density at radius 2 is 1.86 bits per heavy atom. The maximum Gasteiger partial charge on any atom is 0.308 e. The van der Waals surface area contributed by atoms with Crippen LogP contribution in [0.5, 0.6) is 0 Å². The molecular weight excluding hydrogens is 304 g/mol. The Morgan fingerprint density at radius 1 is 1.27 bits per heavy atom. The van der Waals surface area contributed by atoms with Crippen LogP contribution in [0.4, 0.5) is 5.69 Å². The first-order valence-electron chi connectivity index (χ1n) is 7.27. The lowest BCUT2D eigenvalue weighted by Crippen LogP contribution is -2.48. The molecule has 1 saturated heterocycles. The molecule has 0 saturated carbocycles. The summed E-state index contributed by atoms with van der Waals surface area (Å²) in [4.78, 5) is 13.4. The molecule has 122 valence electrons. The summed E-state index contributed by atoms with van der Waals surface area (Å²) in [5, 5.41) is 9.23. The number of hydrogen-bond donors (Lipinski definition) is 1. The van der Waals surface area contributed by atoms with E-state index in [0.29, 0.717) is 19.4 Å². The Hall–Kier alpha value is -1.60. The first kappa shape index (κ1) is 16.8. The molecule has 1 aromatic carbocycles. The van der Waals surface area contributed by atoms with Gasteiger partial charge in [-0.2, -0.15) is 4.31 Å². The van der Waals surface area contributed by atoms with Crippen LogP contribution < -0.4 is 4.90 Å². The van der Waals surface area contributed by atoms with Gasteiger partial charge in [0.15, 0.2) is 0 Å². The van der Waals surface area contributed by atoms with Crippen molar-refractivity contribution >= 4 is 21.7 Å². The van der Waals surface area contributed by atoms with Crippen LogP contribution in [0.25, 0.3) is 0 Å². The molecule has 0 amide bonds. The quantitative estimate of drug-likeness (QED) is 0.910. The second kappa shape index (κ2) is 6.26. The Bertz CT molecular complexity index is 640. The SMILES string of the molecule is C[C@@H]1[C@H](C(=O)O)CCCN1S(=O)(=O)c1ccc(N(C)C)cc1. The van der Waals surface area contributed by atoms with Gasteiger partial charge in [-0.1, -0.05) is 0 Å². The third kappa shape index (κ3) is 3.10. The van der Waals surface area contributed by atoms with Crippen molar-refractivity contribution in [2.75, 3.05) is 25.5 Å². The minimum absolute atomic E-state index is 0.205. The van der Waals surface area contributed by atoms with Gasteiger partial charge in [-0.25, -0.2) is 8.42 Å². The maximum atomic E-state index is 12.8. The highest BCUT2D eigenvalue weighted by Crippen LogP contribution is 2.29. The third-order valence-electron chi connectivity index (χ3n) is 4.21. The van der Waals surface area contributed by atoms with E-state index in [9.17, 15) is 18.3 Å². The second-order valence-corrected chi connectivity index (χ2v) is 7.72. The maximum absolute atomic E-state index is 12.8. The number of piperidine rings is 1. The molecule has 0 bridgehead atoms. The lowest BCUT2D eigenvalue weighted by Gasteiger charge is -2.36. The van der Waals surface area contributed by atoms with Gasteiger partial charge in [-0.15, -0.1) is 0 Å². The van der Waals surface area contributed by atoms with Crippen LogP contribution in [0.1, 0.15) is 19.8 Å². The molecule has 2 rings (SSSR count). The highest BCUT2D eigenvalue weighted by atomic mass is 32.2. The summed E-state index contributed by atoms with van der Waals surface area (Å²) in [6.45, 7) is 2.03. The van der Waals surface area contributed by atoms with E-state index in [1.54, 1.807) is 31.2 Å². The number of rotatable bonds is 4. The Balaban J connectivity index is 2.31. The number of aliphatic carboxylic acids is 1. The van der Waals surface area contributed by atoms with Crippen LogP contribution in [0.3, 0.4) is 0 Å². The van der Waals surface area contributed by atoms with Crippen molar-refractivity contribution < 1.29 is 18.3 Å². The standard InChI is InChI=1S/C15H22N2O4S/c1-11-14(15(18)19)5-4-10-17(11)22(20,21)13-8-6-12(7-9-13)16(2)3/h6-9,11,14H,4-5,10H2,1-3H3,(H,18,19)/t11-,14-/m1/s1. The summed E-state index contributed by atoms with van der Waals surface area (Å²) in [5.74, 6) is -1.58. The smallest absolute Gasteiger partial charge is 0.308 e. The fourth-order valence-electron chi connectivity index (χ4n) is 2.83. The Kier molecular flexibility index (Phi) is 4.77. The van der Waals surface area contributed by atoms with Crippen LogP contribution >= 0.6 is 0 Å². The molecule has 0 aromatic heterocycles. The minimum Gasteiger partial charge on any atom is -0.481 e. The molecule has 1 aliphatic rings. The molecule has 0 radical (unpaired) electrons. The third-order valence-corrected chi connectivity index (χ3v) is 6.21. The summed E-state index contributed by atoms with van der Waals surface area (Å²) >= 11 is 0. The highest BCUT2D eigenvalue weighted by molar-refractivity contribution is 7.89. The first-order valence-corrected chi connectivity index (χ1v) is 8.71. The lowest BCUT2D eigenvalue weighted by molar-refractivity contribution is -0.144. The molecule has 1 fully saturated rings. The average molecular weight is 326 g/mol. The number of sulfonamides is 1. The van der Waals surface area contributed by atoms with Gasteiger partial charge in [0, 0.05) is 32.4 Å². The molecule has 1 aromatic rings. The van der Waals surface area contributed by atoms with Crippen molar-refractivity contribution in [3.63, 3.8) is 0 Å². The number of carboxylic acid groups (broad SMARTS) is 1. The lowest BCUT2D eigenvalue weighted by atomic mass is 9.92. The highest BCUT2D eigenvalue weighted by Gasteiger charge is 2.39. The van der Waals surface area contributed by atoms with Crippen LogP contribution in [-0.4, -0.2) is 50.5 Å². The van der Waals surface area contributed by atoms with Crippen molar-refractivity contribution in [3.8, 4) is 0 Å². The number of carboxylic acids is 1. The number of nitrogens with zero attached hydrogens (tertiary/aromatic N) is 2. The van der Waals surface area contributed by atoms with Gasteiger partial charge in [-0.05, 0) is 44.0 Å². The molecule has 22 heavy (non-hydrogen) atoms. The molecule has 1 aliphatic heterocycles. The van der Waals surface area contributed by atoms with Crippen LogP contribution in [0, 0.1) is 5.92 Å². The number of hydrogen-bond acceptors (Lipinski definition) is 4. The summed E-state index contributed by atoms with van der Waals surface area (Å²) in [6.07, 6.45) is 1.08. The zero-order valence-electron chi connectivity index (χ0n) is 13.1. The Labute approximate surface area is 131 Å². The van der Waals surface area contributed by atoms with E-state index in [4.69, 9.17) is 0 Å². The van der Waals surface area contributed by atoms with Gasteiger partial charge >= 0.3 is 5.97 Å². The van der Waals surface area contributed by atoms with E-state index >= 15 is 0 Å². The van der Waals surface area contributed by atoms with E-state index in [0.717, 1.165) is 5.69 Å². The van der Waals surface area contributed by atoms with Crippen molar-refractivity contribution in [2.24, 2.45) is 5.92 Å². The van der Waals surface area contributed by atoms with Crippen molar-refractivity contribution in [1.82, 2.24) is 4.31 Å². The predicted molar refractivity (Wildman–Crippen MR) is 84.5 cm³/mol. The largest absolute Gasteiger partial charge is 0.481 e. The van der Waals surface area contributed by atoms with Crippen molar-refractivity contribution in [3.05, 3.63) is 24.3 Å². The fourth-order valence-corrected chi connectivity index (χ4v) is 4.54. The van der Waals surface area contributed by atoms with Crippen molar-refractivity contribution in [1.29, 1.82) is 0 Å². The van der Waals surface area contributed by atoms with Gasteiger partial charge < -0.3 is 10.0 Å². The topological polar surface area (TPSA) is 77.9 Å². The predicted octanol–water partition coefficient (Wildman–Crippen LogP) is 1.63. The Morgan fingerprint density at radius 3 is 2.36 bits per heavy atom. The molecular formula is C15H22N2O4S. The molecule has 1 N–H and O–H groups in total. The second-order valence-electron chi connectivity index (χ2n) is 5.83. The van der Waals surface area contributed by atoms with Crippen LogP contribution in [0.15, 0.2) is 29.2 Å². The van der Waals surface area contributed by atoms with Gasteiger partial charge in [0.25, 0.3) is 0 Å². The summed E-state index contributed by atoms with van der Waals surface area (Å²) in [7, 11) is 0.0966. The fraction of sp³-hybridized carbons (Fsp3) is 0.533. The van der Waals surface area contributed by atoms with E-state index in [1.165, 1.54) is 4.31 Å². The van der Waals surface area contributed by atoms with Gasteiger partial charge in [-0.3, -0.25) is 4.79 Å². The average Bonchev–Trinajstić information content (AvgIpc) is 2.47. The summed E-state index contributed by atoms with van der Waals surface area (Å²) in [6, 6.07) is 6.10. The van der Waals surface area contributed by atoms with Gasteiger partial charge in [0.1, 0.15) is 0 Å². The van der Waals surface area contributed by atoms with Gasteiger partial charge in [0.05, 0.1) is 10.8 Å². The number of carbonyl (C=O) groups is 1. The van der Waals surface area contributed by atoms with Crippen LogP contribution in [-0.2, 0) is 14.8 Å². The summed E-state index contributed by atoms with van der Waals surface area (Å²) < 4.78 is 26.9.